The number of rotatable bonds is 2. The summed E-state index contributed by atoms with van der Waals surface area (Å²) < 4.78 is 29.3. The van der Waals surface area contributed by atoms with Crippen LogP contribution in [0.4, 0.5) is 0 Å². The van der Waals surface area contributed by atoms with Gasteiger partial charge in [-0.05, 0) is 0 Å². The molecule has 1 unspecified atom stereocenters. The third kappa shape index (κ3) is 3.76. The quantitative estimate of drug-likeness (QED) is 0.318. The number of aliphatic hydroxyl groups is 1. The molecule has 1 atom stereocenters. The Labute approximate surface area is 98.6 Å². The third-order valence-electron chi connectivity index (χ3n) is 1.31. The summed E-state index contributed by atoms with van der Waals surface area (Å²) in [5.74, 6) is 0. The molecule has 0 aliphatic carbocycles. The molecule has 0 aliphatic rings. The van der Waals surface area contributed by atoms with Crippen molar-refractivity contribution in [3.05, 3.63) is 35.9 Å². The molecule has 0 aliphatic heterocycles. The molecule has 4 nitrogen and oxygen atoms in total. The first-order valence-electron chi connectivity index (χ1n) is 3.12. The first kappa shape index (κ1) is 13.1. The van der Waals surface area contributed by atoms with Crippen molar-refractivity contribution in [3.63, 3.8) is 0 Å². The van der Waals surface area contributed by atoms with Crippen molar-refractivity contribution < 1.29 is 47.6 Å². The molecule has 1 aromatic rings. The molecule has 0 heterocycles. The fraction of sp³-hybridized carbons (Fsp3) is 0.143. The van der Waals surface area contributed by atoms with E-state index in [1.807, 2.05) is 0 Å². The zero-order valence-corrected chi connectivity index (χ0v) is 9.82. The van der Waals surface area contributed by atoms with Gasteiger partial charge in [0, 0.05) is 0 Å². The Balaban J connectivity index is 0.00000144. The molecule has 0 amide bonds. The minimum Gasteiger partial charge on any atom is -0.373 e. The van der Waals surface area contributed by atoms with E-state index >= 15 is 0 Å². The van der Waals surface area contributed by atoms with Crippen LogP contribution in [0.15, 0.2) is 24.3 Å². The van der Waals surface area contributed by atoms with Crippen molar-refractivity contribution in [1.29, 1.82) is 0 Å². The normalized spacial score (nSPS) is 13.1. The first-order valence-corrected chi connectivity index (χ1v) is 4.62. The van der Waals surface area contributed by atoms with Crippen molar-refractivity contribution in [2.45, 2.75) is 5.44 Å². The molecular formula is C7H7NaO4S. The molecule has 0 saturated carbocycles. The van der Waals surface area contributed by atoms with Gasteiger partial charge < -0.3 is 5.11 Å². The minimum atomic E-state index is -4.41. The van der Waals surface area contributed by atoms with E-state index in [1.165, 1.54) is 24.3 Å². The van der Waals surface area contributed by atoms with Gasteiger partial charge in [-0.1, -0.05) is 0 Å². The van der Waals surface area contributed by atoms with Crippen LogP contribution in [0.25, 0.3) is 0 Å². The van der Waals surface area contributed by atoms with Crippen LogP contribution in [0.1, 0.15) is 11.0 Å². The zero-order valence-electron chi connectivity index (χ0n) is 7.01. The fourth-order valence-corrected chi connectivity index (χ4v) is 1.24. The number of benzene rings is 1. The Morgan fingerprint density at radius 3 is 2.15 bits per heavy atom. The third-order valence-corrected chi connectivity index (χ3v) is 2.15. The van der Waals surface area contributed by atoms with Gasteiger partial charge in [0.2, 0.25) is 0 Å². The van der Waals surface area contributed by atoms with Crippen molar-refractivity contribution >= 4 is 10.1 Å². The van der Waals surface area contributed by atoms with E-state index in [-0.39, 0.29) is 35.1 Å². The van der Waals surface area contributed by atoms with Gasteiger partial charge >= 0.3 is 29.6 Å². The number of hydrogen-bond acceptors (Lipinski definition) is 3. The minimum absolute atomic E-state index is 0. The summed E-state index contributed by atoms with van der Waals surface area (Å²) in [7, 11) is -4.41. The van der Waals surface area contributed by atoms with Gasteiger partial charge in [0.15, 0.2) is 5.44 Å². The Morgan fingerprint density at radius 1 is 1.31 bits per heavy atom. The van der Waals surface area contributed by atoms with Crippen LogP contribution < -0.4 is 29.6 Å². The summed E-state index contributed by atoms with van der Waals surface area (Å²) in [5.41, 5.74) is -1.75. The molecule has 13 heavy (non-hydrogen) atoms. The molecule has 0 bridgehead atoms. The van der Waals surface area contributed by atoms with E-state index in [4.69, 9.17) is 9.66 Å². The number of aliphatic hydroxyl groups excluding tert-OH is 1. The molecule has 1 rings (SSSR count). The Hall–Kier alpha value is 0.0900. The average Bonchev–Trinajstić information content (AvgIpc) is 2.03. The van der Waals surface area contributed by atoms with Gasteiger partial charge in [0.1, 0.15) is 0 Å². The van der Waals surface area contributed by atoms with Crippen LogP contribution in [0.5, 0.6) is 0 Å². The molecule has 0 radical (unpaired) electrons. The SMILES string of the molecule is O=S(=O)(O)C(O)c1cc[c-]cc1.[Na+]. The van der Waals surface area contributed by atoms with E-state index in [9.17, 15) is 8.42 Å². The second kappa shape index (κ2) is 5.09. The largest absolute Gasteiger partial charge is 1.00 e. The molecule has 66 valence electrons. The van der Waals surface area contributed by atoms with E-state index in [1.54, 1.807) is 0 Å². The second-order valence-electron chi connectivity index (χ2n) is 2.20. The van der Waals surface area contributed by atoms with Gasteiger partial charge in [0.25, 0.3) is 10.1 Å². The van der Waals surface area contributed by atoms with Gasteiger partial charge in [-0.2, -0.15) is 38.7 Å². The van der Waals surface area contributed by atoms with Crippen molar-refractivity contribution in [2.75, 3.05) is 0 Å². The summed E-state index contributed by atoms with van der Waals surface area (Å²) in [6, 6.07) is 8.27. The monoisotopic (exact) mass is 210 g/mol. The average molecular weight is 210 g/mol. The maximum Gasteiger partial charge on any atom is 1.00 e. The predicted molar refractivity (Wildman–Crippen MR) is 41.8 cm³/mol. The van der Waals surface area contributed by atoms with Crippen LogP contribution in [0.3, 0.4) is 0 Å². The van der Waals surface area contributed by atoms with Crippen LogP contribution in [0.2, 0.25) is 0 Å². The Morgan fingerprint density at radius 2 is 1.77 bits per heavy atom. The molecule has 1 aromatic carbocycles. The van der Waals surface area contributed by atoms with Gasteiger partial charge in [-0.15, -0.1) is 5.56 Å². The van der Waals surface area contributed by atoms with Gasteiger partial charge in [0.05, 0.1) is 0 Å². The molecule has 6 heteroatoms. The van der Waals surface area contributed by atoms with E-state index < -0.39 is 15.6 Å². The standard InChI is InChI=1S/C7H7O4S.Na/c8-7(12(9,10)11)6-4-2-1-3-5-6;/h2-5,7-8H,(H,9,10,11);/q-1;+1. The summed E-state index contributed by atoms with van der Waals surface area (Å²) in [5, 5.41) is 9.01. The Bertz CT molecular complexity index is 348. The van der Waals surface area contributed by atoms with Gasteiger partial charge in [-0.3, -0.25) is 4.55 Å². The maximum absolute atomic E-state index is 10.4. The fourth-order valence-electron chi connectivity index (χ4n) is 0.736. The van der Waals surface area contributed by atoms with E-state index in [0.717, 1.165) is 0 Å². The second-order valence-corrected chi connectivity index (χ2v) is 3.68. The van der Waals surface area contributed by atoms with Crippen LogP contribution in [-0.4, -0.2) is 18.1 Å². The number of hydrogen-bond donors (Lipinski definition) is 2. The molecule has 2 N–H and O–H groups in total. The van der Waals surface area contributed by atoms with E-state index in [0.29, 0.717) is 0 Å². The maximum atomic E-state index is 10.4. The molecular weight excluding hydrogens is 203 g/mol. The van der Waals surface area contributed by atoms with Crippen LogP contribution >= 0.6 is 0 Å². The Kier molecular flexibility index (Phi) is 5.13. The summed E-state index contributed by atoms with van der Waals surface area (Å²) in [6.07, 6.45) is 0. The smallest absolute Gasteiger partial charge is 0.373 e. The van der Waals surface area contributed by atoms with Crippen LogP contribution in [0, 0.1) is 6.07 Å². The van der Waals surface area contributed by atoms with Crippen molar-refractivity contribution in [3.8, 4) is 0 Å². The van der Waals surface area contributed by atoms with Gasteiger partial charge in [-0.25, -0.2) is 0 Å². The summed E-state index contributed by atoms with van der Waals surface area (Å²) >= 11 is 0. The summed E-state index contributed by atoms with van der Waals surface area (Å²) in [4.78, 5) is 0. The zero-order chi connectivity index (χ0) is 9.19. The molecule has 0 spiro atoms. The molecule has 0 fully saturated rings. The van der Waals surface area contributed by atoms with Crippen molar-refractivity contribution in [1.82, 2.24) is 0 Å². The predicted octanol–water partition coefficient (Wildman–Crippen LogP) is -2.63. The van der Waals surface area contributed by atoms with Crippen LogP contribution in [-0.2, 0) is 10.1 Å². The van der Waals surface area contributed by atoms with Crippen molar-refractivity contribution in [2.24, 2.45) is 0 Å². The molecule has 0 saturated heterocycles. The topological polar surface area (TPSA) is 74.6 Å². The molecule has 0 aromatic heterocycles. The first-order chi connectivity index (χ1) is 5.52. The van der Waals surface area contributed by atoms with E-state index in [2.05, 4.69) is 6.07 Å². The summed E-state index contributed by atoms with van der Waals surface area (Å²) in [6.45, 7) is 0.